The second-order valence-electron chi connectivity index (χ2n) is 7.87. The SMILES string of the molecule is COc1cc2nccc(Oc3ccc([N+]4(c5ccc(F)cc5)CCC4)cc3)c2cc1OC. The number of methoxy groups -OCH3 is 2. The first-order valence-corrected chi connectivity index (χ1v) is 10.6. The van der Waals surface area contributed by atoms with Crippen molar-refractivity contribution in [3.63, 3.8) is 0 Å². The lowest BCUT2D eigenvalue weighted by molar-refractivity contribution is 0.272. The number of aromatic nitrogens is 1. The van der Waals surface area contributed by atoms with E-state index in [-0.39, 0.29) is 5.82 Å². The molecule has 3 aromatic carbocycles. The first-order valence-electron chi connectivity index (χ1n) is 10.6. The van der Waals surface area contributed by atoms with Gasteiger partial charge in [-0.1, -0.05) is 0 Å². The zero-order valence-electron chi connectivity index (χ0n) is 18.0. The van der Waals surface area contributed by atoms with Crippen molar-refractivity contribution in [3.05, 3.63) is 78.7 Å². The second-order valence-corrected chi connectivity index (χ2v) is 7.87. The van der Waals surface area contributed by atoms with Crippen LogP contribution in [0.2, 0.25) is 0 Å². The molecule has 0 unspecified atom stereocenters. The Balaban J connectivity index is 1.45. The number of quaternary nitrogens is 1. The van der Waals surface area contributed by atoms with Gasteiger partial charge in [-0.05, 0) is 36.4 Å². The van der Waals surface area contributed by atoms with Crippen LogP contribution in [0.4, 0.5) is 15.8 Å². The van der Waals surface area contributed by atoms with Crippen molar-refractivity contribution in [1.82, 2.24) is 9.47 Å². The van der Waals surface area contributed by atoms with E-state index in [0.29, 0.717) is 17.2 Å². The number of ether oxygens (including phenoxy) is 3. The molecule has 0 aliphatic carbocycles. The summed E-state index contributed by atoms with van der Waals surface area (Å²) in [5, 5.41) is 0.840. The van der Waals surface area contributed by atoms with Gasteiger partial charge in [0.15, 0.2) is 11.5 Å². The summed E-state index contributed by atoms with van der Waals surface area (Å²) in [5.74, 6) is 2.45. The van der Waals surface area contributed by atoms with Crippen LogP contribution in [0.25, 0.3) is 10.9 Å². The molecule has 1 fully saturated rings. The molecule has 32 heavy (non-hydrogen) atoms. The topological polar surface area (TPSA) is 40.6 Å². The second kappa shape index (κ2) is 8.13. The predicted octanol–water partition coefficient (Wildman–Crippen LogP) is 6.23. The molecule has 0 atom stereocenters. The quantitative estimate of drug-likeness (QED) is 0.340. The number of halogens is 1. The molecular formula is C26H24FN2O3+. The molecule has 2 heterocycles. The molecule has 5 rings (SSSR count). The summed E-state index contributed by atoms with van der Waals surface area (Å²) in [6.07, 6.45) is 2.86. The molecule has 0 spiro atoms. The van der Waals surface area contributed by atoms with Crippen molar-refractivity contribution in [2.45, 2.75) is 6.42 Å². The zero-order valence-corrected chi connectivity index (χ0v) is 18.0. The minimum absolute atomic E-state index is 0.213. The highest BCUT2D eigenvalue weighted by Gasteiger charge is 2.40. The molecule has 0 N–H and O–H groups in total. The third-order valence-electron chi connectivity index (χ3n) is 6.17. The molecule has 0 bridgehead atoms. The average Bonchev–Trinajstić information content (AvgIpc) is 2.80. The number of hydrogen-bond donors (Lipinski definition) is 0. The van der Waals surface area contributed by atoms with Crippen LogP contribution in [-0.4, -0.2) is 32.3 Å². The number of rotatable bonds is 6. The summed E-state index contributed by atoms with van der Waals surface area (Å²) in [4.78, 5) is 4.43. The number of pyridine rings is 1. The molecular weight excluding hydrogens is 407 g/mol. The lowest BCUT2D eigenvalue weighted by Gasteiger charge is -2.44. The number of fused-ring (bicyclic) bond motifs is 1. The maximum atomic E-state index is 13.4. The standard InChI is InChI=1S/C26H24FN2O3/c1-30-25-16-22-23(17-26(25)31-2)28-13-12-24(22)32-21-10-8-20(9-11-21)29(14-3-15-29)19-6-4-18(27)5-7-19/h4-13,16-17H,3,14-15H2,1-2H3/q+1. The van der Waals surface area contributed by atoms with Gasteiger partial charge in [0.2, 0.25) is 0 Å². The Morgan fingerprint density at radius 3 is 2.00 bits per heavy atom. The lowest BCUT2D eigenvalue weighted by Crippen LogP contribution is -2.55. The Morgan fingerprint density at radius 2 is 1.41 bits per heavy atom. The molecule has 6 heteroatoms. The van der Waals surface area contributed by atoms with E-state index in [2.05, 4.69) is 17.1 Å². The molecule has 5 nitrogen and oxygen atoms in total. The third-order valence-corrected chi connectivity index (χ3v) is 6.17. The van der Waals surface area contributed by atoms with Gasteiger partial charge in [0.05, 0.1) is 32.8 Å². The van der Waals surface area contributed by atoms with Gasteiger partial charge >= 0.3 is 0 Å². The summed E-state index contributed by atoms with van der Waals surface area (Å²) in [6, 6.07) is 20.5. The highest BCUT2D eigenvalue weighted by atomic mass is 19.1. The highest BCUT2D eigenvalue weighted by molar-refractivity contribution is 5.88. The van der Waals surface area contributed by atoms with Crippen LogP contribution < -0.4 is 18.7 Å². The first kappa shape index (κ1) is 20.3. The van der Waals surface area contributed by atoms with Crippen LogP contribution in [-0.2, 0) is 0 Å². The third kappa shape index (κ3) is 3.42. The van der Waals surface area contributed by atoms with Crippen LogP contribution in [0, 0.1) is 5.82 Å². The Kier molecular flexibility index (Phi) is 5.15. The van der Waals surface area contributed by atoms with Gasteiger partial charge in [-0.2, -0.15) is 0 Å². The summed E-state index contributed by atoms with van der Waals surface area (Å²) < 4.78 is 31.2. The van der Waals surface area contributed by atoms with Crippen LogP contribution >= 0.6 is 0 Å². The monoisotopic (exact) mass is 431 g/mol. The lowest BCUT2D eigenvalue weighted by atomic mass is 10.0. The maximum absolute atomic E-state index is 13.4. The Hall–Kier alpha value is -3.64. The van der Waals surface area contributed by atoms with E-state index in [4.69, 9.17) is 14.2 Å². The fraction of sp³-hybridized carbons (Fsp3) is 0.192. The van der Waals surface area contributed by atoms with E-state index in [1.165, 1.54) is 17.8 Å². The van der Waals surface area contributed by atoms with Gasteiger partial charge in [0, 0.05) is 48.3 Å². The van der Waals surface area contributed by atoms with Crippen LogP contribution in [0.1, 0.15) is 6.42 Å². The summed E-state index contributed by atoms with van der Waals surface area (Å²) >= 11 is 0. The number of hydrogen-bond acceptors (Lipinski definition) is 4. The number of benzene rings is 3. The van der Waals surface area contributed by atoms with Crippen molar-refractivity contribution >= 4 is 22.3 Å². The molecule has 0 radical (unpaired) electrons. The van der Waals surface area contributed by atoms with Crippen molar-refractivity contribution in [1.29, 1.82) is 0 Å². The van der Waals surface area contributed by atoms with Crippen molar-refractivity contribution in [2.75, 3.05) is 27.3 Å². The smallest absolute Gasteiger partial charge is 0.162 e. The van der Waals surface area contributed by atoms with Gasteiger partial charge in [0.1, 0.15) is 28.7 Å². The van der Waals surface area contributed by atoms with Crippen LogP contribution in [0.5, 0.6) is 23.0 Å². The van der Waals surface area contributed by atoms with Gasteiger partial charge in [-0.25, -0.2) is 4.39 Å². The molecule has 1 aliphatic rings. The molecule has 0 saturated carbocycles. The highest BCUT2D eigenvalue weighted by Crippen LogP contribution is 2.42. The molecule has 162 valence electrons. The molecule has 0 amide bonds. The van der Waals surface area contributed by atoms with E-state index in [1.807, 2.05) is 42.5 Å². The minimum Gasteiger partial charge on any atom is -0.493 e. The maximum Gasteiger partial charge on any atom is 0.162 e. The van der Waals surface area contributed by atoms with Gasteiger partial charge < -0.3 is 14.2 Å². The average molecular weight is 431 g/mol. The number of nitrogens with zero attached hydrogens (tertiary/aromatic N) is 2. The fourth-order valence-electron chi connectivity index (χ4n) is 4.33. The van der Waals surface area contributed by atoms with Gasteiger partial charge in [-0.3, -0.25) is 9.47 Å². The summed E-state index contributed by atoms with van der Waals surface area (Å²) in [6.45, 7) is 2.00. The van der Waals surface area contributed by atoms with Crippen LogP contribution in [0.3, 0.4) is 0 Å². The summed E-state index contributed by atoms with van der Waals surface area (Å²) in [5.41, 5.74) is 3.03. The van der Waals surface area contributed by atoms with E-state index >= 15 is 0 Å². The normalized spacial score (nSPS) is 14.6. The van der Waals surface area contributed by atoms with Crippen molar-refractivity contribution in [3.8, 4) is 23.0 Å². The summed E-state index contributed by atoms with van der Waals surface area (Å²) in [7, 11) is 3.21. The van der Waals surface area contributed by atoms with Crippen LogP contribution in [0.15, 0.2) is 72.9 Å². The molecule has 1 aromatic heterocycles. The van der Waals surface area contributed by atoms with Crippen molar-refractivity contribution in [2.24, 2.45) is 0 Å². The molecule has 1 saturated heterocycles. The Morgan fingerprint density at radius 1 is 0.781 bits per heavy atom. The predicted molar refractivity (Wildman–Crippen MR) is 124 cm³/mol. The largest absolute Gasteiger partial charge is 0.493 e. The van der Waals surface area contributed by atoms with Gasteiger partial charge in [-0.15, -0.1) is 0 Å². The van der Waals surface area contributed by atoms with E-state index in [0.717, 1.165) is 46.3 Å². The van der Waals surface area contributed by atoms with E-state index in [9.17, 15) is 4.39 Å². The Labute approximate surface area is 186 Å². The first-order chi connectivity index (χ1) is 15.6. The van der Waals surface area contributed by atoms with Crippen molar-refractivity contribution < 1.29 is 18.6 Å². The van der Waals surface area contributed by atoms with E-state index in [1.54, 1.807) is 20.4 Å². The molecule has 1 aliphatic heterocycles. The van der Waals surface area contributed by atoms with E-state index < -0.39 is 0 Å². The molecule has 4 aromatic rings. The Bertz CT molecular complexity index is 1250. The fourth-order valence-corrected chi connectivity index (χ4v) is 4.33. The zero-order chi connectivity index (χ0) is 22.1. The van der Waals surface area contributed by atoms with Gasteiger partial charge in [0.25, 0.3) is 0 Å². The minimum atomic E-state index is -0.213.